The van der Waals surface area contributed by atoms with Gasteiger partial charge in [0.15, 0.2) is 11.6 Å². The van der Waals surface area contributed by atoms with E-state index in [0.717, 1.165) is 42.6 Å². The predicted molar refractivity (Wildman–Crippen MR) is 101 cm³/mol. The number of piperazine rings is 1. The van der Waals surface area contributed by atoms with E-state index in [2.05, 4.69) is 10.2 Å². The van der Waals surface area contributed by atoms with Crippen molar-refractivity contribution >= 4 is 27.3 Å². The summed E-state index contributed by atoms with van der Waals surface area (Å²) in [5, 5.41) is 3.25. The molecule has 1 saturated heterocycles. The topological polar surface area (TPSA) is 55.9 Å². The van der Waals surface area contributed by atoms with Crippen LogP contribution in [0.15, 0.2) is 42.5 Å². The van der Waals surface area contributed by atoms with Crippen molar-refractivity contribution in [2.45, 2.75) is 0 Å². The van der Waals surface area contributed by atoms with Crippen LogP contribution in [0.3, 0.4) is 0 Å². The number of hydrogen-bond donors (Lipinski definition) is 1. The molecule has 2 aliphatic heterocycles. The zero-order valence-electron chi connectivity index (χ0n) is 14.6. The molecular weight excluding hydrogens is 374 g/mol. The summed E-state index contributed by atoms with van der Waals surface area (Å²) in [6, 6.07) is 9.91. The monoisotopic (exact) mass is 394 g/mol. The SMILES string of the molecule is O=S1(=O)N(CCN2CCNCC2)c2ccccc2N1c1c(F)cccc1F. The van der Waals surface area contributed by atoms with Gasteiger partial charge in [-0.3, -0.25) is 4.90 Å². The highest BCUT2D eigenvalue weighted by atomic mass is 32.2. The summed E-state index contributed by atoms with van der Waals surface area (Å²) in [6.07, 6.45) is 0. The van der Waals surface area contributed by atoms with Crippen LogP contribution in [0.5, 0.6) is 0 Å². The van der Waals surface area contributed by atoms with Gasteiger partial charge in [0.05, 0.1) is 11.4 Å². The van der Waals surface area contributed by atoms with E-state index in [0.29, 0.717) is 12.2 Å². The molecule has 0 aromatic heterocycles. The number of fused-ring (bicyclic) bond motifs is 1. The first-order chi connectivity index (χ1) is 13.0. The van der Waals surface area contributed by atoms with Crippen LogP contribution in [0.2, 0.25) is 0 Å². The zero-order valence-corrected chi connectivity index (χ0v) is 15.4. The Morgan fingerprint density at radius 2 is 1.52 bits per heavy atom. The van der Waals surface area contributed by atoms with E-state index in [1.165, 1.54) is 10.4 Å². The molecular formula is C18H20F2N4O2S. The fraction of sp³-hybridized carbons (Fsp3) is 0.333. The molecule has 0 bridgehead atoms. The van der Waals surface area contributed by atoms with Crippen molar-refractivity contribution in [1.82, 2.24) is 10.2 Å². The van der Waals surface area contributed by atoms with E-state index in [9.17, 15) is 17.2 Å². The van der Waals surface area contributed by atoms with Crippen LogP contribution in [0.25, 0.3) is 0 Å². The van der Waals surface area contributed by atoms with E-state index >= 15 is 0 Å². The highest BCUT2D eigenvalue weighted by molar-refractivity contribution is 7.95. The lowest BCUT2D eigenvalue weighted by Gasteiger charge is -2.29. The number of nitrogens with one attached hydrogen (secondary N) is 1. The third kappa shape index (κ3) is 3.15. The average Bonchev–Trinajstić information content (AvgIpc) is 2.88. The Morgan fingerprint density at radius 3 is 2.19 bits per heavy atom. The highest BCUT2D eigenvalue weighted by Crippen LogP contribution is 2.46. The lowest BCUT2D eigenvalue weighted by Crippen LogP contribution is -2.47. The van der Waals surface area contributed by atoms with E-state index in [4.69, 9.17) is 0 Å². The Labute approximate surface area is 157 Å². The van der Waals surface area contributed by atoms with Gasteiger partial charge in [0.2, 0.25) is 0 Å². The van der Waals surface area contributed by atoms with E-state index < -0.39 is 27.5 Å². The van der Waals surface area contributed by atoms with Crippen molar-refractivity contribution in [3.05, 3.63) is 54.1 Å². The van der Waals surface area contributed by atoms with Gasteiger partial charge < -0.3 is 5.32 Å². The van der Waals surface area contributed by atoms with Crippen molar-refractivity contribution in [2.24, 2.45) is 0 Å². The molecule has 2 heterocycles. The average molecular weight is 394 g/mol. The van der Waals surface area contributed by atoms with Gasteiger partial charge in [-0.1, -0.05) is 18.2 Å². The van der Waals surface area contributed by atoms with Crippen LogP contribution in [-0.4, -0.2) is 52.6 Å². The standard InChI is InChI=1S/C18H20F2N4O2S/c19-14-4-3-5-15(20)18(14)24-17-7-2-1-6-16(17)23(27(24,25)26)13-12-22-10-8-21-9-11-22/h1-7,21H,8-13H2. The largest absolute Gasteiger partial charge is 0.331 e. The Balaban J connectivity index is 1.72. The molecule has 6 nitrogen and oxygen atoms in total. The van der Waals surface area contributed by atoms with Crippen molar-refractivity contribution in [3.63, 3.8) is 0 Å². The van der Waals surface area contributed by atoms with Crippen LogP contribution >= 0.6 is 0 Å². The third-order valence-electron chi connectivity index (χ3n) is 4.85. The maximum atomic E-state index is 14.4. The quantitative estimate of drug-likeness (QED) is 0.863. The van der Waals surface area contributed by atoms with Gasteiger partial charge in [0.25, 0.3) is 0 Å². The first-order valence-electron chi connectivity index (χ1n) is 8.79. The van der Waals surface area contributed by atoms with Gasteiger partial charge in [0.1, 0.15) is 5.69 Å². The molecule has 2 aromatic rings. The summed E-state index contributed by atoms with van der Waals surface area (Å²) < 4.78 is 57.2. The fourth-order valence-corrected chi connectivity index (χ4v) is 5.24. The summed E-state index contributed by atoms with van der Waals surface area (Å²) in [6.45, 7) is 4.14. The van der Waals surface area contributed by atoms with Crippen LogP contribution in [0.1, 0.15) is 0 Å². The number of nitrogens with zero attached hydrogens (tertiary/aromatic N) is 3. The number of benzene rings is 2. The van der Waals surface area contributed by atoms with Gasteiger partial charge >= 0.3 is 10.2 Å². The first-order valence-corrected chi connectivity index (χ1v) is 10.2. The predicted octanol–water partition coefficient (Wildman–Crippen LogP) is 2.07. The van der Waals surface area contributed by atoms with Crippen LogP contribution in [-0.2, 0) is 10.2 Å². The maximum Gasteiger partial charge on any atom is 0.331 e. The Morgan fingerprint density at radius 1 is 0.889 bits per heavy atom. The lowest BCUT2D eigenvalue weighted by molar-refractivity contribution is 0.248. The highest BCUT2D eigenvalue weighted by Gasteiger charge is 2.43. The van der Waals surface area contributed by atoms with Crippen LogP contribution in [0, 0.1) is 11.6 Å². The Kier molecular flexibility index (Phi) is 4.75. The number of halogens is 2. The van der Waals surface area contributed by atoms with Gasteiger partial charge in [0, 0.05) is 39.3 Å². The van der Waals surface area contributed by atoms with Crippen molar-refractivity contribution < 1.29 is 17.2 Å². The molecule has 0 atom stereocenters. The molecule has 0 spiro atoms. The van der Waals surface area contributed by atoms with E-state index in [1.807, 2.05) is 0 Å². The summed E-state index contributed by atoms with van der Waals surface area (Å²) >= 11 is 0. The molecule has 144 valence electrons. The number of hydrogen-bond acceptors (Lipinski definition) is 4. The normalized spacial score (nSPS) is 19.3. The molecule has 0 radical (unpaired) electrons. The number of para-hydroxylation sites is 3. The molecule has 9 heteroatoms. The van der Waals surface area contributed by atoms with Gasteiger partial charge in [-0.05, 0) is 24.3 Å². The summed E-state index contributed by atoms with van der Waals surface area (Å²) in [5.74, 6) is -1.84. The molecule has 1 N–H and O–H groups in total. The van der Waals surface area contributed by atoms with Gasteiger partial charge in [-0.15, -0.1) is 0 Å². The third-order valence-corrected chi connectivity index (χ3v) is 6.63. The van der Waals surface area contributed by atoms with Crippen molar-refractivity contribution in [1.29, 1.82) is 0 Å². The number of rotatable bonds is 4. The van der Waals surface area contributed by atoms with Crippen LogP contribution < -0.4 is 13.9 Å². The van der Waals surface area contributed by atoms with E-state index in [-0.39, 0.29) is 12.2 Å². The Bertz CT molecular complexity index is 928. The first kappa shape index (κ1) is 18.1. The fourth-order valence-electron chi connectivity index (χ4n) is 3.52. The Hall–Kier alpha value is -2.23. The second kappa shape index (κ2) is 7.06. The van der Waals surface area contributed by atoms with Crippen molar-refractivity contribution in [3.8, 4) is 0 Å². The second-order valence-electron chi connectivity index (χ2n) is 6.49. The minimum absolute atomic E-state index is 0.214. The molecule has 27 heavy (non-hydrogen) atoms. The minimum Gasteiger partial charge on any atom is -0.314 e. The van der Waals surface area contributed by atoms with E-state index in [1.54, 1.807) is 24.3 Å². The molecule has 2 aliphatic rings. The number of anilines is 3. The molecule has 0 saturated carbocycles. The van der Waals surface area contributed by atoms with Crippen LogP contribution in [0.4, 0.5) is 25.8 Å². The molecule has 0 unspecified atom stereocenters. The zero-order chi connectivity index (χ0) is 19.0. The second-order valence-corrected chi connectivity index (χ2v) is 8.20. The smallest absolute Gasteiger partial charge is 0.314 e. The maximum absolute atomic E-state index is 14.4. The summed E-state index contributed by atoms with van der Waals surface area (Å²) in [5.41, 5.74) is 0.103. The summed E-state index contributed by atoms with van der Waals surface area (Å²) in [7, 11) is -4.14. The molecule has 4 rings (SSSR count). The summed E-state index contributed by atoms with van der Waals surface area (Å²) in [4.78, 5) is 2.17. The molecule has 1 fully saturated rings. The molecule has 0 amide bonds. The molecule has 2 aromatic carbocycles. The minimum atomic E-state index is -4.14. The van der Waals surface area contributed by atoms with Gasteiger partial charge in [-0.2, -0.15) is 8.42 Å². The van der Waals surface area contributed by atoms with Gasteiger partial charge in [-0.25, -0.2) is 17.4 Å². The van der Waals surface area contributed by atoms with Crippen molar-refractivity contribution in [2.75, 3.05) is 47.9 Å². The lowest BCUT2D eigenvalue weighted by atomic mass is 10.2. The molecule has 0 aliphatic carbocycles.